The predicted molar refractivity (Wildman–Crippen MR) is 526 cm³/mol. The minimum atomic E-state index is -0.363. The molecule has 0 bridgehead atoms. The molecule has 0 aliphatic carbocycles. The molecular weight excluding hydrogens is 1500 g/mol. The summed E-state index contributed by atoms with van der Waals surface area (Å²) in [6.45, 7) is 13.1. The Morgan fingerprint density at radius 1 is 0.218 bits per heavy atom. The topological polar surface area (TPSA) is 25.4 Å². The van der Waals surface area contributed by atoms with Gasteiger partial charge in [-0.05, 0) is 173 Å². The lowest BCUT2D eigenvalue weighted by atomic mass is 9.30. The van der Waals surface area contributed by atoms with Gasteiger partial charge in [-0.25, -0.2) is 0 Å². The number of anilines is 15. The molecule has 590 valence electrons. The molecule has 0 radical (unpaired) electrons. The minimum Gasteiger partial charge on any atom is -0.458 e. The third-order valence-electron chi connectivity index (χ3n) is 25.6. The van der Waals surface area contributed by atoms with Gasteiger partial charge in [-0.1, -0.05) is 381 Å². The van der Waals surface area contributed by atoms with Gasteiger partial charge >= 0.3 is 0 Å². The van der Waals surface area contributed by atoms with Crippen molar-refractivity contribution in [2.75, 3.05) is 24.5 Å². The molecule has 0 amide bonds. The molecule has 0 fully saturated rings. The lowest BCUT2D eigenvalue weighted by Crippen LogP contribution is -2.64. The highest BCUT2D eigenvalue weighted by atomic mass is 16.5. The molecule has 6 nitrogen and oxygen atoms in total. The minimum absolute atomic E-state index is 0.0460. The van der Waals surface area contributed by atoms with Gasteiger partial charge in [-0.15, -0.1) is 0 Å². The van der Waals surface area contributed by atoms with Crippen LogP contribution < -0.4 is 62.0 Å². The zero-order valence-corrected chi connectivity index (χ0v) is 70.3. The van der Waals surface area contributed by atoms with Gasteiger partial charge in [0, 0.05) is 90.6 Å². The van der Waals surface area contributed by atoms with Gasteiger partial charge in [0.05, 0.1) is 34.1 Å². The number of ether oxygens (including phenoxy) is 1. The molecule has 0 saturated heterocycles. The van der Waals surface area contributed by atoms with Gasteiger partial charge in [-0.2, -0.15) is 0 Å². The Morgan fingerprint density at radius 3 is 1.04 bits per heavy atom. The fourth-order valence-electron chi connectivity index (χ4n) is 19.8. The van der Waals surface area contributed by atoms with Gasteiger partial charge < -0.3 is 29.2 Å². The Bertz CT molecular complexity index is 6950. The summed E-state index contributed by atoms with van der Waals surface area (Å²) in [4.78, 5) is 12.9. The summed E-state index contributed by atoms with van der Waals surface area (Å²) in [6.07, 6.45) is 0. The molecule has 8 heteroatoms. The standard InChI is InChI=1S/C116H89B2N5O/c1-115(2,3)84-68-64-82(65-69-84)91-52-28-32-60-101(91)120(88-50-26-13-27-51-88)89-72-106-111-107(73-89)122(113-93(78-38-14-7-15-39-78)54-36-55-94(113)79-40-16-8-17-41-79)104-77-105-100(76-99(104)117(111)97-58-30-34-62-103(97)121(106)102-61-33-29-53-92(102)83-66-70-85(71-67-83)116(4,5)6)118-98-59-31-35-63-109(98)124-110-75-90(119(86-46-22-11-23-47-86)87-48-24-12-25-49-87)74-108(112(110)118)123(105)114-95(80-42-18-9-19-43-80)56-37-57-96(114)81-44-20-10-21-45-81/h7-77H,1-6H3. The van der Waals surface area contributed by atoms with Crippen LogP contribution in [0, 0.1) is 0 Å². The molecule has 4 aliphatic rings. The van der Waals surface area contributed by atoms with E-state index in [4.69, 9.17) is 4.74 Å². The van der Waals surface area contributed by atoms with Crippen LogP contribution >= 0.6 is 0 Å². The van der Waals surface area contributed by atoms with Crippen molar-refractivity contribution in [1.29, 1.82) is 0 Å². The van der Waals surface area contributed by atoms with Gasteiger partial charge in [0.2, 0.25) is 0 Å². The molecule has 0 saturated carbocycles. The molecule has 18 aromatic rings. The number of fused-ring (bicyclic) bond motifs is 8. The summed E-state index contributed by atoms with van der Waals surface area (Å²) in [7, 11) is 0. The van der Waals surface area contributed by atoms with E-state index in [-0.39, 0.29) is 24.3 Å². The van der Waals surface area contributed by atoms with E-state index in [1.807, 2.05) is 0 Å². The number of nitrogens with zero attached hydrogens (tertiary/aromatic N) is 5. The molecule has 22 rings (SSSR count). The maximum Gasteiger partial charge on any atom is 0.256 e. The highest BCUT2D eigenvalue weighted by Gasteiger charge is 2.50. The van der Waals surface area contributed by atoms with Crippen LogP contribution in [0.5, 0.6) is 11.5 Å². The summed E-state index contributed by atoms with van der Waals surface area (Å²) < 4.78 is 7.66. The van der Waals surface area contributed by atoms with Crippen LogP contribution in [0.3, 0.4) is 0 Å². The SMILES string of the molecule is CC(C)(C)c1ccc(-c2ccccc2N(c2ccccc2)c2cc3c4c(c2)N(c2c(-c5ccccc5)cccc2-c2ccccc2)c2cc5c(cc2B4c2ccccc2N3c2ccccc2-c2ccc(C(C)(C)C)cc2)B2c3ccccc3Oc3cc(N(c4ccccc4)c4ccccc4)cc(c32)N5c2c(-c3ccccc3)cccc2-c2ccccc2)cc1. The Labute approximate surface area is 728 Å². The maximum absolute atomic E-state index is 7.66. The molecule has 18 aromatic carbocycles. The first-order valence-electron chi connectivity index (χ1n) is 43.3. The van der Waals surface area contributed by atoms with Crippen molar-refractivity contribution in [3.05, 3.63) is 442 Å². The molecule has 0 N–H and O–H groups in total. The van der Waals surface area contributed by atoms with Crippen molar-refractivity contribution in [2.24, 2.45) is 0 Å². The number of hydrogen-bond acceptors (Lipinski definition) is 6. The lowest BCUT2D eigenvalue weighted by Gasteiger charge is -2.47. The summed E-state index contributed by atoms with van der Waals surface area (Å²) >= 11 is 0. The molecule has 0 spiro atoms. The predicted octanol–water partition coefficient (Wildman–Crippen LogP) is 27.7. The summed E-state index contributed by atoms with van der Waals surface area (Å²) in [5.74, 6) is 1.62. The molecule has 124 heavy (non-hydrogen) atoms. The van der Waals surface area contributed by atoms with Gasteiger partial charge in [0.1, 0.15) is 11.5 Å². The number of para-hydroxylation sites is 9. The van der Waals surface area contributed by atoms with Crippen molar-refractivity contribution in [3.8, 4) is 78.3 Å². The van der Waals surface area contributed by atoms with Crippen LogP contribution in [-0.4, -0.2) is 13.4 Å². The monoisotopic (exact) mass is 1590 g/mol. The van der Waals surface area contributed by atoms with E-state index in [0.29, 0.717) is 0 Å². The largest absolute Gasteiger partial charge is 0.458 e. The maximum atomic E-state index is 7.66. The van der Waals surface area contributed by atoms with Crippen molar-refractivity contribution >= 4 is 132 Å². The highest BCUT2D eigenvalue weighted by Crippen LogP contribution is 2.57. The highest BCUT2D eigenvalue weighted by molar-refractivity contribution is 7.02. The van der Waals surface area contributed by atoms with Crippen molar-refractivity contribution in [3.63, 3.8) is 0 Å². The van der Waals surface area contributed by atoms with Gasteiger partial charge in [0.25, 0.3) is 13.4 Å². The molecule has 0 atom stereocenters. The second-order valence-electron chi connectivity index (χ2n) is 35.0. The molecule has 0 unspecified atom stereocenters. The summed E-state index contributed by atoms with van der Waals surface area (Å²) in [5, 5.41) is 0. The Kier molecular flexibility index (Phi) is 18.5. The summed E-state index contributed by atoms with van der Waals surface area (Å²) in [5.41, 5.74) is 38.1. The Balaban J connectivity index is 0.919. The number of rotatable bonds is 15. The molecular formula is C116H89B2N5O. The first-order chi connectivity index (χ1) is 60.8. The average molecular weight is 1590 g/mol. The van der Waals surface area contributed by atoms with E-state index >= 15 is 0 Å². The molecule has 0 aromatic heterocycles. The first kappa shape index (κ1) is 75.1. The van der Waals surface area contributed by atoms with Crippen molar-refractivity contribution in [1.82, 2.24) is 0 Å². The van der Waals surface area contributed by atoms with E-state index in [2.05, 4.69) is 497 Å². The van der Waals surface area contributed by atoms with E-state index in [1.54, 1.807) is 0 Å². The molecule has 4 aliphatic heterocycles. The van der Waals surface area contributed by atoms with Crippen molar-refractivity contribution in [2.45, 2.75) is 52.4 Å². The van der Waals surface area contributed by atoms with Gasteiger partial charge in [0.15, 0.2) is 0 Å². The van der Waals surface area contributed by atoms with E-state index in [9.17, 15) is 0 Å². The zero-order chi connectivity index (χ0) is 83.3. The number of hydrogen-bond donors (Lipinski definition) is 0. The fourth-order valence-corrected chi connectivity index (χ4v) is 19.8. The second kappa shape index (κ2) is 30.5. The fraction of sp³-hybridized carbons (Fsp3) is 0.0690. The van der Waals surface area contributed by atoms with E-state index in [1.165, 1.54) is 27.5 Å². The van der Waals surface area contributed by atoms with Crippen LogP contribution in [0.4, 0.5) is 85.3 Å². The molecule has 4 heterocycles. The van der Waals surface area contributed by atoms with Crippen LogP contribution in [0.2, 0.25) is 0 Å². The quantitative estimate of drug-likeness (QED) is 0.0949. The third kappa shape index (κ3) is 12.9. The zero-order valence-electron chi connectivity index (χ0n) is 70.3. The van der Waals surface area contributed by atoms with Crippen LogP contribution in [0.15, 0.2) is 431 Å². The summed E-state index contributed by atoms with van der Waals surface area (Å²) in [6, 6.07) is 161. The smallest absolute Gasteiger partial charge is 0.256 e. The van der Waals surface area contributed by atoms with E-state index < -0.39 is 0 Å². The average Bonchev–Trinajstić information content (AvgIpc) is 0.678. The number of benzene rings is 18. The van der Waals surface area contributed by atoms with Crippen LogP contribution in [-0.2, 0) is 10.8 Å². The van der Waals surface area contributed by atoms with Crippen LogP contribution in [0.25, 0.3) is 66.8 Å². The second-order valence-corrected chi connectivity index (χ2v) is 35.0. The Hall–Kier alpha value is -15.1. The van der Waals surface area contributed by atoms with Crippen LogP contribution in [0.1, 0.15) is 52.7 Å². The van der Waals surface area contributed by atoms with Gasteiger partial charge in [-0.3, -0.25) is 0 Å². The normalized spacial score (nSPS) is 12.7. The Morgan fingerprint density at radius 2 is 0.565 bits per heavy atom. The first-order valence-corrected chi connectivity index (χ1v) is 43.3. The third-order valence-corrected chi connectivity index (χ3v) is 25.6. The van der Waals surface area contributed by atoms with E-state index in [0.717, 1.165) is 180 Å². The lowest BCUT2D eigenvalue weighted by molar-refractivity contribution is 0.487. The van der Waals surface area contributed by atoms with Crippen molar-refractivity contribution < 1.29 is 4.74 Å².